The highest BCUT2D eigenvalue weighted by atomic mass is 19.4. The van der Waals surface area contributed by atoms with Crippen molar-refractivity contribution in [1.82, 2.24) is 19.5 Å². The molecule has 30 heavy (non-hydrogen) atoms. The van der Waals surface area contributed by atoms with Gasteiger partial charge in [0.05, 0.1) is 25.0 Å². The maximum Gasteiger partial charge on any atom is 0.433 e. The molecule has 11 heteroatoms. The first-order chi connectivity index (χ1) is 14.4. The first-order valence-corrected chi connectivity index (χ1v) is 9.11. The second-order valence-corrected chi connectivity index (χ2v) is 6.89. The van der Waals surface area contributed by atoms with Gasteiger partial charge in [0.2, 0.25) is 13.2 Å². The third kappa shape index (κ3) is 3.11. The van der Waals surface area contributed by atoms with Gasteiger partial charge in [-0.05, 0) is 24.3 Å². The Morgan fingerprint density at radius 1 is 1.17 bits per heavy atom. The monoisotopic (exact) mass is 420 g/mol. The van der Waals surface area contributed by atoms with Gasteiger partial charge in [-0.15, -0.1) is 0 Å². The number of halogens is 3. The molecule has 156 valence electrons. The minimum absolute atomic E-state index is 0.0234. The Hall–Kier alpha value is -3.34. The largest absolute Gasteiger partial charge is 0.454 e. The van der Waals surface area contributed by atoms with Crippen molar-refractivity contribution >= 4 is 12.1 Å². The first-order valence-electron chi connectivity index (χ1n) is 9.11. The lowest BCUT2D eigenvalue weighted by atomic mass is 10.1. The van der Waals surface area contributed by atoms with E-state index in [1.807, 2.05) is 0 Å². The minimum Gasteiger partial charge on any atom is -0.454 e. The molecule has 2 aliphatic rings. The average Bonchev–Trinajstić information content (AvgIpc) is 3.38. The molecule has 4 heterocycles. The topological polar surface area (TPSA) is 78.2 Å². The van der Waals surface area contributed by atoms with Crippen molar-refractivity contribution in [2.45, 2.75) is 12.3 Å². The Balaban J connectivity index is 1.66. The fraction of sp³-hybridized carbons (Fsp3) is 0.316. The van der Waals surface area contributed by atoms with E-state index in [4.69, 9.17) is 14.2 Å². The number of hydrogen-bond donors (Lipinski definition) is 0. The molecule has 8 nitrogen and oxygen atoms in total. The van der Waals surface area contributed by atoms with Gasteiger partial charge in [-0.25, -0.2) is 9.50 Å². The summed E-state index contributed by atoms with van der Waals surface area (Å²) in [6, 6.07) is 5.78. The highest BCUT2D eigenvalue weighted by molar-refractivity contribution is 5.68. The first kappa shape index (κ1) is 18.7. The molecule has 0 radical (unpaired) electrons. The molecule has 0 aliphatic carbocycles. The van der Waals surface area contributed by atoms with Gasteiger partial charge in [0.25, 0.3) is 0 Å². The van der Waals surface area contributed by atoms with Crippen LogP contribution in [-0.4, -0.2) is 52.4 Å². The second kappa shape index (κ2) is 6.87. The predicted octanol–water partition coefficient (Wildman–Crippen LogP) is 2.67. The van der Waals surface area contributed by atoms with E-state index in [1.165, 1.54) is 11.1 Å². The van der Waals surface area contributed by atoms with E-state index in [-0.39, 0.29) is 31.3 Å². The lowest BCUT2D eigenvalue weighted by molar-refractivity contribution is -0.142. The summed E-state index contributed by atoms with van der Waals surface area (Å²) < 4.78 is 58.4. The Morgan fingerprint density at radius 2 is 2.00 bits per heavy atom. The van der Waals surface area contributed by atoms with Gasteiger partial charge in [0.15, 0.2) is 22.8 Å². The van der Waals surface area contributed by atoms with Crippen LogP contribution in [0, 0.1) is 0 Å². The summed E-state index contributed by atoms with van der Waals surface area (Å²) in [7, 11) is 0. The summed E-state index contributed by atoms with van der Waals surface area (Å²) >= 11 is 0. The van der Waals surface area contributed by atoms with E-state index in [0.717, 1.165) is 10.6 Å². The maximum absolute atomic E-state index is 13.8. The van der Waals surface area contributed by atoms with Crippen LogP contribution in [0.4, 0.5) is 13.2 Å². The Morgan fingerprint density at radius 3 is 2.80 bits per heavy atom. The summed E-state index contributed by atoms with van der Waals surface area (Å²) in [5.74, 6) is 0.958. The molecule has 1 aromatic carbocycles. The zero-order chi connectivity index (χ0) is 20.9. The van der Waals surface area contributed by atoms with E-state index in [2.05, 4.69) is 10.1 Å². The molecule has 2 aliphatic heterocycles. The molecule has 2 aromatic heterocycles. The molecule has 0 saturated carbocycles. The Bertz CT molecular complexity index is 1130. The van der Waals surface area contributed by atoms with E-state index >= 15 is 0 Å². The van der Waals surface area contributed by atoms with Gasteiger partial charge in [-0.2, -0.15) is 18.3 Å². The van der Waals surface area contributed by atoms with Crippen LogP contribution in [0.1, 0.15) is 17.4 Å². The number of benzene rings is 1. The number of ether oxygens (including phenoxy) is 3. The van der Waals surface area contributed by atoms with Crippen molar-refractivity contribution in [2.24, 2.45) is 0 Å². The third-order valence-electron chi connectivity index (χ3n) is 5.05. The number of fused-ring (bicyclic) bond motifs is 2. The highest BCUT2D eigenvalue weighted by Crippen LogP contribution is 2.38. The van der Waals surface area contributed by atoms with Crippen LogP contribution in [-0.2, 0) is 15.7 Å². The van der Waals surface area contributed by atoms with Gasteiger partial charge in [-0.1, -0.05) is 0 Å². The summed E-state index contributed by atoms with van der Waals surface area (Å²) in [6.45, 7) is 0.956. The Labute approximate surface area is 167 Å². The fourth-order valence-corrected chi connectivity index (χ4v) is 3.57. The summed E-state index contributed by atoms with van der Waals surface area (Å²) in [6.07, 6.45) is -3.28. The number of carbonyl (C=O) groups excluding carboxylic acids is 1. The van der Waals surface area contributed by atoms with Gasteiger partial charge < -0.3 is 19.1 Å². The van der Waals surface area contributed by atoms with E-state index in [0.29, 0.717) is 35.6 Å². The van der Waals surface area contributed by atoms with Crippen LogP contribution in [0.15, 0.2) is 30.5 Å². The lowest BCUT2D eigenvalue weighted by Crippen LogP contribution is -2.37. The van der Waals surface area contributed by atoms with E-state index in [9.17, 15) is 18.0 Å². The highest BCUT2D eigenvalue weighted by Gasteiger charge is 2.36. The maximum atomic E-state index is 13.8. The number of rotatable bonds is 3. The smallest absolute Gasteiger partial charge is 0.433 e. The fourth-order valence-electron chi connectivity index (χ4n) is 3.57. The number of nitrogens with zero attached hydrogens (tertiary/aromatic N) is 4. The summed E-state index contributed by atoms with van der Waals surface area (Å²) in [4.78, 5) is 17.1. The molecule has 1 fully saturated rings. The van der Waals surface area contributed by atoms with Gasteiger partial charge in [0.1, 0.15) is 6.10 Å². The molecule has 1 unspecified atom stereocenters. The predicted molar refractivity (Wildman–Crippen MR) is 95.9 cm³/mol. The van der Waals surface area contributed by atoms with E-state index < -0.39 is 18.0 Å². The molecular formula is C19H15F3N4O4. The molecule has 0 N–H and O–H groups in total. The van der Waals surface area contributed by atoms with Crippen LogP contribution < -0.4 is 9.47 Å². The van der Waals surface area contributed by atoms with Crippen molar-refractivity contribution < 1.29 is 32.2 Å². The molecule has 0 bridgehead atoms. The summed E-state index contributed by atoms with van der Waals surface area (Å²) in [5.41, 5.74) is -0.00392. The molecular weight excluding hydrogens is 405 g/mol. The zero-order valence-electron chi connectivity index (χ0n) is 15.4. The normalized spacial score (nSPS) is 18.8. The number of alkyl halides is 3. The Kier molecular flexibility index (Phi) is 4.28. The number of hydrogen-bond acceptors (Lipinski definition) is 6. The van der Waals surface area contributed by atoms with Gasteiger partial charge >= 0.3 is 6.18 Å². The minimum atomic E-state index is -4.65. The number of aromatic nitrogens is 3. The van der Waals surface area contributed by atoms with Crippen LogP contribution in [0.2, 0.25) is 0 Å². The van der Waals surface area contributed by atoms with Crippen LogP contribution in [0.3, 0.4) is 0 Å². The third-order valence-corrected chi connectivity index (χ3v) is 5.05. The van der Waals surface area contributed by atoms with Crippen molar-refractivity contribution in [3.63, 3.8) is 0 Å². The van der Waals surface area contributed by atoms with Gasteiger partial charge in [-0.3, -0.25) is 4.79 Å². The molecule has 1 atom stereocenters. The molecule has 1 amide bonds. The molecule has 1 saturated heterocycles. The molecule has 0 spiro atoms. The zero-order valence-corrected chi connectivity index (χ0v) is 15.4. The molecule has 5 rings (SSSR count). The van der Waals surface area contributed by atoms with Crippen molar-refractivity contribution in [1.29, 1.82) is 0 Å². The van der Waals surface area contributed by atoms with Crippen molar-refractivity contribution in [2.75, 3.05) is 26.5 Å². The average molecular weight is 420 g/mol. The quantitative estimate of drug-likeness (QED) is 0.607. The molecule has 3 aromatic rings. The van der Waals surface area contributed by atoms with Crippen LogP contribution >= 0.6 is 0 Å². The lowest BCUT2D eigenvalue weighted by Gasteiger charge is -2.29. The van der Waals surface area contributed by atoms with Crippen molar-refractivity contribution in [3.8, 4) is 22.8 Å². The number of amides is 1. The van der Waals surface area contributed by atoms with Crippen molar-refractivity contribution in [3.05, 3.63) is 41.7 Å². The number of carbonyl (C=O) groups is 1. The summed E-state index contributed by atoms with van der Waals surface area (Å²) in [5, 5.41) is 3.91. The standard InChI is InChI=1S/C19H15F3N4O4/c20-19(21,22)17-6-13(11-1-2-14-15(5-11)30-10-29-14)24-18-12(7-23-26(17)18)16-8-25(9-27)3-4-28-16/h1-2,5-7,9,16H,3-4,8,10H2. The van der Waals surface area contributed by atoms with Gasteiger partial charge in [0, 0.05) is 17.7 Å². The van der Waals surface area contributed by atoms with Crippen LogP contribution in [0.25, 0.3) is 16.9 Å². The van der Waals surface area contributed by atoms with Crippen LogP contribution in [0.5, 0.6) is 11.5 Å². The van der Waals surface area contributed by atoms with E-state index in [1.54, 1.807) is 18.2 Å². The number of morpholine rings is 1. The second-order valence-electron chi connectivity index (χ2n) is 6.89. The SMILES string of the molecule is O=CN1CCOC(c2cnn3c(C(F)(F)F)cc(-c4ccc5c(c4)OCO5)nc23)C1.